The van der Waals surface area contributed by atoms with Gasteiger partial charge in [-0.05, 0) is 74.9 Å². The van der Waals surface area contributed by atoms with Crippen LogP contribution < -0.4 is 4.90 Å². The lowest BCUT2D eigenvalue weighted by Crippen LogP contribution is -2.48. The van der Waals surface area contributed by atoms with E-state index >= 15 is 0 Å². The molecule has 2 heterocycles. The molecule has 2 aliphatic rings. The van der Waals surface area contributed by atoms with Crippen LogP contribution >= 0.6 is 0 Å². The number of anilines is 1. The normalized spacial score (nSPS) is 16.5. The van der Waals surface area contributed by atoms with E-state index in [1.165, 1.54) is 7.11 Å². The van der Waals surface area contributed by atoms with Gasteiger partial charge in [-0.25, -0.2) is 14.4 Å². The molecule has 2 aromatic carbocycles. The van der Waals surface area contributed by atoms with Gasteiger partial charge in [0.2, 0.25) is 0 Å². The number of carbonyl (C=O) groups excluding carboxylic acids is 3. The predicted octanol–water partition coefficient (Wildman–Crippen LogP) is 5.05. The zero-order valence-electron chi connectivity index (χ0n) is 23.4. The van der Waals surface area contributed by atoms with Crippen molar-refractivity contribution in [3.05, 3.63) is 65.2 Å². The van der Waals surface area contributed by atoms with Crippen molar-refractivity contribution in [2.24, 2.45) is 0 Å². The fraction of sp³-hybridized carbons (Fsp3) is 0.500. The van der Waals surface area contributed by atoms with Crippen LogP contribution in [0.5, 0.6) is 0 Å². The average molecular weight is 538 g/mol. The van der Waals surface area contributed by atoms with E-state index in [4.69, 9.17) is 14.2 Å². The second-order valence-electron chi connectivity index (χ2n) is 11.0. The summed E-state index contributed by atoms with van der Waals surface area (Å²) in [4.78, 5) is 43.4. The molecule has 0 aliphatic carbocycles. The molecule has 2 fully saturated rings. The summed E-state index contributed by atoms with van der Waals surface area (Å²) in [5.41, 5.74) is 2.82. The van der Waals surface area contributed by atoms with Gasteiger partial charge in [-0.3, -0.25) is 4.90 Å². The number of methoxy groups -OCH3 is 1. The molecule has 2 aromatic rings. The third-order valence-electron chi connectivity index (χ3n) is 7.03. The van der Waals surface area contributed by atoms with Crippen LogP contribution in [-0.4, -0.2) is 80.0 Å². The van der Waals surface area contributed by atoms with Crippen LogP contribution in [0.25, 0.3) is 0 Å². The lowest BCUT2D eigenvalue weighted by atomic mass is 9.89. The highest BCUT2D eigenvalue weighted by Gasteiger charge is 2.29. The first-order valence-electron chi connectivity index (χ1n) is 13.5. The monoisotopic (exact) mass is 537 g/mol. The summed E-state index contributed by atoms with van der Waals surface area (Å²) in [6.07, 6.45) is 1.39. The van der Waals surface area contributed by atoms with Crippen molar-refractivity contribution in [1.29, 1.82) is 0 Å². The Kier molecular flexibility index (Phi) is 9.12. The molecular weight excluding hydrogens is 498 g/mol. The second-order valence-corrected chi connectivity index (χ2v) is 11.0. The quantitative estimate of drug-likeness (QED) is 0.496. The van der Waals surface area contributed by atoms with Crippen molar-refractivity contribution in [2.45, 2.75) is 51.7 Å². The van der Waals surface area contributed by atoms with Crippen LogP contribution in [0.3, 0.4) is 0 Å². The molecule has 0 unspecified atom stereocenters. The minimum absolute atomic E-state index is 0.0766. The van der Waals surface area contributed by atoms with E-state index in [0.29, 0.717) is 51.5 Å². The molecule has 9 heteroatoms. The third kappa shape index (κ3) is 7.50. The SMILES string of the molecule is COC(=O)c1ccc(CN(C(=O)N2CCOCC2)c2cccc(C3CCN(C(=O)OC(C)(C)C)CC3)c2)cc1. The van der Waals surface area contributed by atoms with Crippen LogP contribution in [-0.2, 0) is 20.8 Å². The third-order valence-corrected chi connectivity index (χ3v) is 7.03. The minimum atomic E-state index is -0.516. The van der Waals surface area contributed by atoms with Gasteiger partial charge in [0, 0.05) is 31.9 Å². The largest absolute Gasteiger partial charge is 0.465 e. The number of morpholine rings is 1. The van der Waals surface area contributed by atoms with Gasteiger partial charge < -0.3 is 24.0 Å². The standard InChI is InChI=1S/C30H39N3O6/c1-30(2,3)39-29(36)32-14-12-23(13-15-32)25-6-5-7-26(20-25)33(28(35)31-16-18-38-19-17-31)21-22-8-10-24(11-9-22)27(34)37-4/h5-11,20,23H,12-19,21H2,1-4H3. The summed E-state index contributed by atoms with van der Waals surface area (Å²) >= 11 is 0. The number of carbonyl (C=O) groups is 3. The van der Waals surface area contributed by atoms with Gasteiger partial charge in [0.05, 0.1) is 32.4 Å². The molecule has 3 amide bonds. The molecule has 0 aromatic heterocycles. The van der Waals surface area contributed by atoms with Crippen molar-refractivity contribution >= 4 is 23.8 Å². The number of hydrogen-bond acceptors (Lipinski definition) is 6. The van der Waals surface area contributed by atoms with Crippen LogP contribution in [0.2, 0.25) is 0 Å². The zero-order chi connectivity index (χ0) is 28.0. The number of nitrogens with zero attached hydrogens (tertiary/aromatic N) is 3. The van der Waals surface area contributed by atoms with E-state index in [1.54, 1.807) is 21.9 Å². The highest BCUT2D eigenvalue weighted by Crippen LogP contribution is 2.32. The molecule has 9 nitrogen and oxygen atoms in total. The average Bonchev–Trinajstić information content (AvgIpc) is 2.95. The Hall–Kier alpha value is -3.59. The molecule has 0 bridgehead atoms. The number of ether oxygens (including phenoxy) is 3. The Morgan fingerprint density at radius 1 is 0.949 bits per heavy atom. The predicted molar refractivity (Wildman–Crippen MR) is 148 cm³/mol. The molecule has 39 heavy (non-hydrogen) atoms. The highest BCUT2D eigenvalue weighted by atomic mass is 16.6. The van der Waals surface area contributed by atoms with E-state index in [-0.39, 0.29) is 18.0 Å². The smallest absolute Gasteiger partial charge is 0.410 e. The molecule has 0 atom stereocenters. The number of urea groups is 1. The molecule has 2 saturated heterocycles. The number of rotatable bonds is 5. The van der Waals surface area contributed by atoms with Crippen molar-refractivity contribution in [2.75, 3.05) is 51.4 Å². The van der Waals surface area contributed by atoms with Gasteiger partial charge in [0.25, 0.3) is 0 Å². The molecule has 210 valence electrons. The van der Waals surface area contributed by atoms with Crippen molar-refractivity contribution in [1.82, 2.24) is 9.80 Å². The summed E-state index contributed by atoms with van der Waals surface area (Å²) in [6.45, 7) is 9.37. The van der Waals surface area contributed by atoms with Gasteiger partial charge in [0.15, 0.2) is 0 Å². The molecule has 0 spiro atoms. The van der Waals surface area contributed by atoms with E-state index in [9.17, 15) is 14.4 Å². The van der Waals surface area contributed by atoms with Gasteiger partial charge >= 0.3 is 18.1 Å². The number of piperidine rings is 1. The number of likely N-dealkylation sites (tertiary alicyclic amines) is 1. The number of amides is 3. The van der Waals surface area contributed by atoms with E-state index in [1.807, 2.05) is 49.9 Å². The van der Waals surface area contributed by atoms with Crippen molar-refractivity contribution in [3.8, 4) is 0 Å². The molecule has 0 radical (unpaired) electrons. The van der Waals surface area contributed by atoms with Gasteiger partial charge in [0.1, 0.15) is 5.60 Å². The van der Waals surface area contributed by atoms with Crippen LogP contribution in [0.4, 0.5) is 15.3 Å². The van der Waals surface area contributed by atoms with Crippen LogP contribution in [0, 0.1) is 0 Å². The Balaban J connectivity index is 1.51. The lowest BCUT2D eigenvalue weighted by molar-refractivity contribution is 0.0204. The molecule has 2 aliphatic heterocycles. The first-order valence-corrected chi connectivity index (χ1v) is 13.5. The zero-order valence-corrected chi connectivity index (χ0v) is 23.4. The Labute approximate surface area is 230 Å². The van der Waals surface area contributed by atoms with Crippen molar-refractivity contribution < 1.29 is 28.6 Å². The van der Waals surface area contributed by atoms with E-state index in [2.05, 4.69) is 12.1 Å². The van der Waals surface area contributed by atoms with Gasteiger partial charge in [-0.2, -0.15) is 0 Å². The maximum absolute atomic E-state index is 13.7. The topological polar surface area (TPSA) is 88.6 Å². The maximum Gasteiger partial charge on any atom is 0.410 e. The summed E-state index contributed by atoms with van der Waals surface area (Å²) < 4.78 is 15.8. The summed E-state index contributed by atoms with van der Waals surface area (Å²) in [5.74, 6) is -0.114. The summed E-state index contributed by atoms with van der Waals surface area (Å²) in [7, 11) is 1.35. The summed E-state index contributed by atoms with van der Waals surface area (Å²) in [5, 5.41) is 0. The molecular formula is C30H39N3O6. The Bertz CT molecular complexity index is 1150. The molecule has 0 saturated carbocycles. The Morgan fingerprint density at radius 3 is 2.23 bits per heavy atom. The summed E-state index contributed by atoms with van der Waals surface area (Å²) in [6, 6.07) is 15.2. The second kappa shape index (κ2) is 12.5. The van der Waals surface area contributed by atoms with Crippen LogP contribution in [0.15, 0.2) is 48.5 Å². The number of hydrogen-bond donors (Lipinski definition) is 0. The maximum atomic E-state index is 13.7. The van der Waals surface area contributed by atoms with Gasteiger partial charge in [-0.1, -0.05) is 24.3 Å². The van der Waals surface area contributed by atoms with Gasteiger partial charge in [-0.15, -0.1) is 0 Å². The van der Waals surface area contributed by atoms with Crippen LogP contribution in [0.1, 0.15) is 61.0 Å². The Morgan fingerprint density at radius 2 is 1.62 bits per heavy atom. The van der Waals surface area contributed by atoms with Crippen molar-refractivity contribution in [3.63, 3.8) is 0 Å². The fourth-order valence-electron chi connectivity index (χ4n) is 4.91. The van der Waals surface area contributed by atoms with E-state index < -0.39 is 11.6 Å². The minimum Gasteiger partial charge on any atom is -0.465 e. The van der Waals surface area contributed by atoms with E-state index in [0.717, 1.165) is 29.7 Å². The lowest BCUT2D eigenvalue weighted by Gasteiger charge is -2.35. The number of esters is 1. The molecule has 0 N–H and O–H groups in total. The number of benzene rings is 2. The first-order chi connectivity index (χ1) is 18.6. The first kappa shape index (κ1) is 28.4. The molecule has 4 rings (SSSR count). The highest BCUT2D eigenvalue weighted by molar-refractivity contribution is 5.92. The fourth-order valence-corrected chi connectivity index (χ4v) is 4.91.